The minimum atomic E-state index is -3.80. The molecule has 0 aromatic carbocycles. The molecule has 1 amide bonds. The van der Waals surface area contributed by atoms with Gasteiger partial charge in [-0.1, -0.05) is 0 Å². The summed E-state index contributed by atoms with van der Waals surface area (Å²) >= 11 is 0. The van der Waals surface area contributed by atoms with Gasteiger partial charge in [0.05, 0.1) is 7.11 Å². The third kappa shape index (κ3) is 4.02. The molecular formula is C7H15N3O4S. The van der Waals surface area contributed by atoms with Crippen molar-refractivity contribution in [2.45, 2.75) is 18.9 Å². The molecule has 0 aromatic rings. The van der Waals surface area contributed by atoms with Gasteiger partial charge in [0.1, 0.15) is 0 Å². The van der Waals surface area contributed by atoms with Crippen molar-refractivity contribution in [1.82, 2.24) is 9.44 Å². The lowest BCUT2D eigenvalue weighted by Gasteiger charge is -2.32. The second-order valence-corrected chi connectivity index (χ2v) is 5.04. The number of nitrogens with two attached hydrogens (primary N) is 1. The third-order valence-electron chi connectivity index (χ3n) is 2.24. The predicted octanol–water partition coefficient (Wildman–Crippen LogP) is -1.09. The van der Waals surface area contributed by atoms with Crippen molar-refractivity contribution in [2.24, 2.45) is 11.7 Å². The van der Waals surface area contributed by atoms with Gasteiger partial charge >= 0.3 is 16.3 Å². The molecule has 0 heterocycles. The van der Waals surface area contributed by atoms with Crippen LogP contribution in [-0.2, 0) is 14.9 Å². The fourth-order valence-corrected chi connectivity index (χ4v) is 2.20. The summed E-state index contributed by atoms with van der Waals surface area (Å²) in [5, 5.41) is 0. The molecule has 0 spiro atoms. The number of hydrogen-bond acceptors (Lipinski definition) is 5. The lowest BCUT2D eigenvalue weighted by Crippen LogP contribution is -2.46. The van der Waals surface area contributed by atoms with Crippen molar-refractivity contribution in [2.75, 3.05) is 13.7 Å². The van der Waals surface area contributed by atoms with E-state index in [0.29, 0.717) is 6.54 Å². The van der Waals surface area contributed by atoms with Crippen molar-refractivity contribution in [3.05, 3.63) is 0 Å². The first-order chi connectivity index (χ1) is 6.93. The quantitative estimate of drug-likeness (QED) is 0.575. The lowest BCUT2D eigenvalue weighted by molar-refractivity contribution is 0.177. The molecule has 0 aromatic heterocycles. The van der Waals surface area contributed by atoms with Gasteiger partial charge in [-0.05, 0) is 18.8 Å². The van der Waals surface area contributed by atoms with Crippen LogP contribution in [0.3, 0.4) is 0 Å². The van der Waals surface area contributed by atoms with E-state index in [4.69, 9.17) is 5.73 Å². The van der Waals surface area contributed by atoms with E-state index in [0.717, 1.165) is 20.0 Å². The molecule has 4 N–H and O–H groups in total. The van der Waals surface area contributed by atoms with E-state index in [1.54, 1.807) is 4.72 Å². The smallest absolute Gasteiger partial charge is 0.421 e. The van der Waals surface area contributed by atoms with E-state index in [9.17, 15) is 13.2 Å². The number of carbonyl (C=O) groups excluding carboxylic acids is 1. The minimum Gasteiger partial charge on any atom is -0.452 e. The van der Waals surface area contributed by atoms with E-state index in [1.165, 1.54) is 0 Å². The molecule has 0 atom stereocenters. The zero-order valence-electron chi connectivity index (χ0n) is 8.39. The van der Waals surface area contributed by atoms with Crippen molar-refractivity contribution in [3.63, 3.8) is 0 Å². The van der Waals surface area contributed by atoms with Gasteiger partial charge in [-0.15, -0.1) is 0 Å². The molecule has 0 bridgehead atoms. The number of nitrogens with one attached hydrogen (secondary N) is 2. The molecule has 1 aliphatic carbocycles. The topological polar surface area (TPSA) is 111 Å². The Balaban J connectivity index is 2.27. The van der Waals surface area contributed by atoms with E-state index in [-0.39, 0.29) is 12.0 Å². The van der Waals surface area contributed by atoms with Crippen molar-refractivity contribution >= 4 is 16.3 Å². The van der Waals surface area contributed by atoms with E-state index in [2.05, 4.69) is 9.46 Å². The molecule has 15 heavy (non-hydrogen) atoms. The highest BCUT2D eigenvalue weighted by Crippen LogP contribution is 2.24. The van der Waals surface area contributed by atoms with Gasteiger partial charge in [0.15, 0.2) is 0 Å². The Morgan fingerprint density at radius 1 is 1.53 bits per heavy atom. The number of ether oxygens (including phenoxy) is 1. The summed E-state index contributed by atoms with van der Waals surface area (Å²) in [4.78, 5) is 10.6. The molecule has 1 aliphatic rings. The molecule has 0 unspecified atom stereocenters. The summed E-state index contributed by atoms with van der Waals surface area (Å²) in [5.74, 6) is 0.259. The second kappa shape index (κ2) is 4.77. The average Bonchev–Trinajstić information content (AvgIpc) is 2.09. The zero-order valence-corrected chi connectivity index (χ0v) is 9.21. The number of hydrogen-bond donors (Lipinski definition) is 3. The molecule has 8 heteroatoms. The molecule has 0 saturated heterocycles. The van der Waals surface area contributed by atoms with Crippen LogP contribution in [-0.4, -0.2) is 34.2 Å². The first-order valence-electron chi connectivity index (χ1n) is 4.54. The Labute approximate surface area is 88.5 Å². The summed E-state index contributed by atoms with van der Waals surface area (Å²) < 4.78 is 30.4. The maximum absolute atomic E-state index is 11.2. The van der Waals surface area contributed by atoms with Gasteiger partial charge in [-0.25, -0.2) is 9.52 Å². The van der Waals surface area contributed by atoms with Crippen LogP contribution in [0.25, 0.3) is 0 Å². The molecule has 1 fully saturated rings. The fourth-order valence-electron chi connectivity index (χ4n) is 1.37. The van der Waals surface area contributed by atoms with Gasteiger partial charge in [0.25, 0.3) is 0 Å². The molecule has 7 nitrogen and oxygen atoms in total. The third-order valence-corrected chi connectivity index (χ3v) is 3.22. The Bertz CT molecular complexity index is 323. The average molecular weight is 237 g/mol. The molecule has 0 radical (unpaired) electrons. The second-order valence-electron chi connectivity index (χ2n) is 3.54. The van der Waals surface area contributed by atoms with Crippen LogP contribution in [0.15, 0.2) is 0 Å². The lowest BCUT2D eigenvalue weighted by atomic mass is 9.81. The number of amides is 1. The van der Waals surface area contributed by atoms with Gasteiger partial charge in [-0.2, -0.15) is 13.1 Å². The Hall–Kier alpha value is -0.860. The van der Waals surface area contributed by atoms with E-state index in [1.807, 2.05) is 0 Å². The summed E-state index contributed by atoms with van der Waals surface area (Å²) in [6.07, 6.45) is 0.606. The normalized spacial score (nSPS) is 25.5. The van der Waals surface area contributed by atoms with Crippen molar-refractivity contribution < 1.29 is 17.9 Å². The molecule has 0 aliphatic heterocycles. The maximum Gasteiger partial charge on any atom is 0.421 e. The van der Waals surface area contributed by atoms with E-state index >= 15 is 0 Å². The SMILES string of the molecule is COC(=O)NS(=O)(=O)NCC1CC(N)C1. The van der Waals surface area contributed by atoms with Crippen molar-refractivity contribution in [3.8, 4) is 0 Å². The number of rotatable bonds is 4. The van der Waals surface area contributed by atoms with Crippen LogP contribution in [0, 0.1) is 5.92 Å². The monoisotopic (exact) mass is 237 g/mol. The Kier molecular flexibility index (Phi) is 3.89. The summed E-state index contributed by atoms with van der Waals surface area (Å²) in [6.45, 7) is 0.292. The van der Waals surface area contributed by atoms with Crippen LogP contribution >= 0.6 is 0 Å². The van der Waals surface area contributed by atoms with Crippen LogP contribution in [0.2, 0.25) is 0 Å². The summed E-state index contributed by atoms with van der Waals surface area (Å²) in [6, 6.07) is 0.174. The Morgan fingerprint density at radius 3 is 2.60 bits per heavy atom. The first kappa shape index (κ1) is 12.2. The standard InChI is InChI=1S/C7H15N3O4S/c1-14-7(11)10-15(12,13)9-4-5-2-6(8)3-5/h5-6,9H,2-4,8H2,1H3,(H,10,11). The highest BCUT2D eigenvalue weighted by Gasteiger charge is 2.27. The first-order valence-corrected chi connectivity index (χ1v) is 6.02. The van der Waals surface area contributed by atoms with Crippen molar-refractivity contribution in [1.29, 1.82) is 0 Å². The molecular weight excluding hydrogens is 222 g/mol. The van der Waals surface area contributed by atoms with Gasteiger partial charge < -0.3 is 10.5 Å². The van der Waals surface area contributed by atoms with Crippen LogP contribution in [0.5, 0.6) is 0 Å². The zero-order chi connectivity index (χ0) is 11.5. The summed E-state index contributed by atoms with van der Waals surface area (Å²) in [7, 11) is -2.70. The highest BCUT2D eigenvalue weighted by atomic mass is 32.2. The van der Waals surface area contributed by atoms with Gasteiger partial charge in [0, 0.05) is 12.6 Å². The van der Waals surface area contributed by atoms with Crippen LogP contribution in [0.4, 0.5) is 4.79 Å². The highest BCUT2D eigenvalue weighted by molar-refractivity contribution is 7.88. The molecule has 1 rings (SSSR count). The summed E-state index contributed by atoms with van der Waals surface area (Å²) in [5.41, 5.74) is 5.54. The predicted molar refractivity (Wildman–Crippen MR) is 53.2 cm³/mol. The number of carbonyl (C=O) groups is 1. The van der Waals surface area contributed by atoms with E-state index < -0.39 is 16.3 Å². The number of methoxy groups -OCH3 is 1. The minimum absolute atomic E-state index is 0.174. The largest absolute Gasteiger partial charge is 0.452 e. The van der Waals surface area contributed by atoms with Gasteiger partial charge in [-0.3, -0.25) is 0 Å². The molecule has 1 saturated carbocycles. The maximum atomic E-state index is 11.2. The molecule has 88 valence electrons. The van der Waals surface area contributed by atoms with Gasteiger partial charge in [0.2, 0.25) is 0 Å². The van der Waals surface area contributed by atoms with Crippen LogP contribution in [0.1, 0.15) is 12.8 Å². The fraction of sp³-hybridized carbons (Fsp3) is 0.857. The van der Waals surface area contributed by atoms with Crippen LogP contribution < -0.4 is 15.2 Å². The Morgan fingerprint density at radius 2 is 2.13 bits per heavy atom.